The van der Waals surface area contributed by atoms with Crippen molar-refractivity contribution in [3.8, 4) is 0 Å². The highest BCUT2D eigenvalue weighted by molar-refractivity contribution is 6.02. The second-order valence-corrected chi connectivity index (χ2v) is 4.82. The molecular formula is C13H19N3O5. The highest BCUT2D eigenvalue weighted by Crippen LogP contribution is 2.10. The van der Waals surface area contributed by atoms with Crippen LogP contribution in [0.1, 0.15) is 41.7 Å². The molecule has 0 aliphatic heterocycles. The lowest BCUT2D eigenvalue weighted by atomic mass is 10.2. The minimum absolute atomic E-state index is 0.107. The molecule has 0 aliphatic rings. The summed E-state index contributed by atoms with van der Waals surface area (Å²) in [5.74, 6) is -2.33. The van der Waals surface area contributed by atoms with E-state index in [1.54, 1.807) is 6.92 Å². The highest BCUT2D eigenvalue weighted by atomic mass is 16.5. The zero-order chi connectivity index (χ0) is 16.0. The lowest BCUT2D eigenvalue weighted by molar-refractivity contribution is -0.143. The van der Waals surface area contributed by atoms with Gasteiger partial charge in [-0.05, 0) is 12.8 Å². The molecule has 1 rings (SSSR count). The summed E-state index contributed by atoms with van der Waals surface area (Å²) < 4.78 is 4.82. The van der Waals surface area contributed by atoms with Crippen LogP contribution in [0.25, 0.3) is 0 Å². The van der Waals surface area contributed by atoms with Crippen LogP contribution in [0.2, 0.25) is 0 Å². The van der Waals surface area contributed by atoms with Crippen LogP contribution < -0.4 is 0 Å². The molecule has 0 unspecified atom stereocenters. The van der Waals surface area contributed by atoms with Crippen molar-refractivity contribution in [3.05, 3.63) is 17.7 Å². The molecule has 8 nitrogen and oxygen atoms in total. The number of nitrogens with one attached hydrogen (secondary N) is 1. The molecule has 0 atom stereocenters. The molecule has 0 radical (unpaired) electrons. The van der Waals surface area contributed by atoms with Crippen molar-refractivity contribution in [3.63, 3.8) is 0 Å². The van der Waals surface area contributed by atoms with Crippen molar-refractivity contribution < 1.29 is 24.2 Å². The average Bonchev–Trinajstić information content (AvgIpc) is 2.86. The van der Waals surface area contributed by atoms with E-state index in [0.29, 0.717) is 6.54 Å². The van der Waals surface area contributed by atoms with Gasteiger partial charge in [-0.15, -0.1) is 0 Å². The number of hydrogen-bond acceptors (Lipinski definition) is 5. The van der Waals surface area contributed by atoms with Gasteiger partial charge in [0.05, 0.1) is 12.9 Å². The van der Waals surface area contributed by atoms with Gasteiger partial charge in [-0.1, -0.05) is 13.8 Å². The maximum Gasteiger partial charge on any atom is 0.354 e. The highest BCUT2D eigenvalue weighted by Gasteiger charge is 2.26. The van der Waals surface area contributed by atoms with E-state index in [-0.39, 0.29) is 30.5 Å². The second kappa shape index (κ2) is 7.41. The van der Waals surface area contributed by atoms with Gasteiger partial charge in [0.15, 0.2) is 11.4 Å². The molecule has 0 saturated carbocycles. The number of nitrogens with zero attached hydrogens (tertiary/aromatic N) is 2. The standard InChI is InChI=1S/C13H19N3O5/c1-4-21-9(17)6-16(5-8(2)3)12(18)10-11(13(19)20)15-7-14-10/h7-8H,4-6H2,1-3H3,(H,14,15)(H,19,20). The van der Waals surface area contributed by atoms with Gasteiger partial charge >= 0.3 is 11.9 Å². The van der Waals surface area contributed by atoms with E-state index in [0.717, 1.165) is 6.33 Å². The molecule has 0 aromatic carbocycles. The summed E-state index contributed by atoms with van der Waals surface area (Å²) in [6.45, 7) is 5.70. The Hall–Kier alpha value is -2.38. The predicted molar refractivity (Wildman–Crippen MR) is 72.9 cm³/mol. The first-order chi connectivity index (χ1) is 9.86. The van der Waals surface area contributed by atoms with Crippen molar-refractivity contribution in [2.45, 2.75) is 20.8 Å². The molecule has 0 aliphatic carbocycles. The number of carboxylic acids is 1. The fourth-order valence-corrected chi connectivity index (χ4v) is 1.79. The Bertz CT molecular complexity index is 524. The SMILES string of the molecule is CCOC(=O)CN(CC(C)C)C(=O)c1nc[nH]c1C(=O)O. The number of aromatic nitrogens is 2. The predicted octanol–water partition coefficient (Wildman–Crippen LogP) is 0.769. The molecule has 1 amide bonds. The number of imidazole rings is 1. The van der Waals surface area contributed by atoms with Gasteiger partial charge in [0.2, 0.25) is 0 Å². The first kappa shape index (κ1) is 16.7. The first-order valence-electron chi connectivity index (χ1n) is 6.58. The van der Waals surface area contributed by atoms with Gasteiger partial charge in [-0.25, -0.2) is 9.78 Å². The normalized spacial score (nSPS) is 10.5. The molecule has 116 valence electrons. The van der Waals surface area contributed by atoms with E-state index in [2.05, 4.69) is 9.97 Å². The maximum atomic E-state index is 12.4. The molecule has 2 N–H and O–H groups in total. The Morgan fingerprint density at radius 2 is 2.10 bits per heavy atom. The number of hydrogen-bond donors (Lipinski definition) is 2. The number of rotatable bonds is 7. The second-order valence-electron chi connectivity index (χ2n) is 4.82. The van der Waals surface area contributed by atoms with E-state index >= 15 is 0 Å². The van der Waals surface area contributed by atoms with E-state index in [1.807, 2.05) is 13.8 Å². The Morgan fingerprint density at radius 3 is 2.62 bits per heavy atom. The summed E-state index contributed by atoms with van der Waals surface area (Å²) in [5, 5.41) is 9.00. The molecule has 0 saturated heterocycles. The minimum atomic E-state index is -1.28. The number of amides is 1. The van der Waals surface area contributed by atoms with Crippen molar-refractivity contribution >= 4 is 17.8 Å². The fraction of sp³-hybridized carbons (Fsp3) is 0.538. The molecule has 0 spiro atoms. The van der Waals surface area contributed by atoms with Crippen LogP contribution in [0.3, 0.4) is 0 Å². The number of aromatic amines is 1. The Morgan fingerprint density at radius 1 is 1.43 bits per heavy atom. The molecule has 8 heteroatoms. The molecule has 1 heterocycles. The van der Waals surface area contributed by atoms with Gasteiger partial charge in [0.25, 0.3) is 5.91 Å². The van der Waals surface area contributed by atoms with Crippen LogP contribution in [0, 0.1) is 5.92 Å². The van der Waals surface area contributed by atoms with Gasteiger partial charge in [0, 0.05) is 6.54 Å². The van der Waals surface area contributed by atoms with Crippen molar-refractivity contribution in [2.75, 3.05) is 19.7 Å². The molecular weight excluding hydrogens is 278 g/mol. The number of ether oxygens (including phenoxy) is 1. The zero-order valence-corrected chi connectivity index (χ0v) is 12.3. The minimum Gasteiger partial charge on any atom is -0.477 e. The Labute approximate surface area is 122 Å². The lowest BCUT2D eigenvalue weighted by Crippen LogP contribution is -2.39. The van der Waals surface area contributed by atoms with Gasteiger partial charge < -0.3 is 19.7 Å². The number of carboxylic acid groups (broad SMARTS) is 1. The molecule has 1 aromatic heterocycles. The number of H-pyrrole nitrogens is 1. The quantitative estimate of drug-likeness (QED) is 0.719. The van der Waals surface area contributed by atoms with E-state index in [4.69, 9.17) is 9.84 Å². The smallest absolute Gasteiger partial charge is 0.354 e. The summed E-state index contributed by atoms with van der Waals surface area (Å²) in [4.78, 5) is 42.3. The van der Waals surface area contributed by atoms with Crippen LogP contribution in [-0.4, -0.2) is 57.5 Å². The van der Waals surface area contributed by atoms with Crippen molar-refractivity contribution in [1.82, 2.24) is 14.9 Å². The van der Waals surface area contributed by atoms with Crippen LogP contribution in [0.5, 0.6) is 0 Å². The third-order valence-electron chi connectivity index (χ3n) is 2.55. The third-order valence-corrected chi connectivity index (χ3v) is 2.55. The molecule has 21 heavy (non-hydrogen) atoms. The van der Waals surface area contributed by atoms with Crippen LogP contribution in [0.4, 0.5) is 0 Å². The first-order valence-corrected chi connectivity index (χ1v) is 6.58. The molecule has 0 bridgehead atoms. The summed E-state index contributed by atoms with van der Waals surface area (Å²) in [6, 6.07) is 0. The van der Waals surface area contributed by atoms with Gasteiger partial charge in [-0.3, -0.25) is 9.59 Å². The number of carbonyl (C=O) groups excluding carboxylic acids is 2. The van der Waals surface area contributed by atoms with Crippen LogP contribution in [-0.2, 0) is 9.53 Å². The summed E-state index contributed by atoms with van der Waals surface area (Å²) in [5.41, 5.74) is -0.509. The fourth-order valence-electron chi connectivity index (χ4n) is 1.79. The summed E-state index contributed by atoms with van der Waals surface area (Å²) in [6.07, 6.45) is 1.13. The molecule has 1 aromatic rings. The maximum absolute atomic E-state index is 12.4. The average molecular weight is 297 g/mol. The van der Waals surface area contributed by atoms with E-state index in [1.165, 1.54) is 4.90 Å². The van der Waals surface area contributed by atoms with Gasteiger partial charge in [-0.2, -0.15) is 0 Å². The Kier molecular flexibility index (Phi) is 5.89. The number of esters is 1. The van der Waals surface area contributed by atoms with Gasteiger partial charge in [0.1, 0.15) is 6.54 Å². The summed E-state index contributed by atoms with van der Waals surface area (Å²) in [7, 11) is 0. The lowest BCUT2D eigenvalue weighted by Gasteiger charge is -2.23. The third kappa shape index (κ3) is 4.59. The number of carbonyl (C=O) groups is 3. The van der Waals surface area contributed by atoms with Crippen LogP contribution >= 0.6 is 0 Å². The summed E-state index contributed by atoms with van der Waals surface area (Å²) >= 11 is 0. The van der Waals surface area contributed by atoms with E-state index in [9.17, 15) is 14.4 Å². The largest absolute Gasteiger partial charge is 0.477 e. The monoisotopic (exact) mass is 297 g/mol. The van der Waals surface area contributed by atoms with Crippen molar-refractivity contribution in [2.24, 2.45) is 5.92 Å². The topological polar surface area (TPSA) is 113 Å². The van der Waals surface area contributed by atoms with E-state index < -0.39 is 17.8 Å². The molecule has 0 fully saturated rings. The Balaban J connectivity index is 2.96. The number of aromatic carboxylic acids is 1. The van der Waals surface area contributed by atoms with Crippen LogP contribution in [0.15, 0.2) is 6.33 Å². The zero-order valence-electron chi connectivity index (χ0n) is 12.3. The van der Waals surface area contributed by atoms with Crippen molar-refractivity contribution in [1.29, 1.82) is 0 Å².